The van der Waals surface area contributed by atoms with Crippen LogP contribution in [0.15, 0.2) is 0 Å². The number of thioether (sulfide) groups is 1. The van der Waals surface area contributed by atoms with E-state index in [1.807, 2.05) is 11.8 Å². The molecule has 1 saturated heterocycles. The minimum absolute atomic E-state index is 0.310. The van der Waals surface area contributed by atoms with Crippen molar-refractivity contribution in [1.82, 2.24) is 4.90 Å². The zero-order chi connectivity index (χ0) is 9.90. The minimum atomic E-state index is -0.362. The SMILES string of the molecule is CC1(C)CN(CC(Cl)C#N)CCS1. The molecule has 0 aromatic rings. The maximum Gasteiger partial charge on any atom is 0.133 e. The molecule has 0 aromatic carbocycles. The van der Waals surface area contributed by atoms with Crippen molar-refractivity contribution in [3.05, 3.63) is 0 Å². The Labute approximate surface area is 89.2 Å². The van der Waals surface area contributed by atoms with E-state index in [9.17, 15) is 0 Å². The fraction of sp³-hybridized carbons (Fsp3) is 0.889. The molecule has 4 heteroatoms. The lowest BCUT2D eigenvalue weighted by Gasteiger charge is -2.37. The van der Waals surface area contributed by atoms with Crippen LogP contribution in [0, 0.1) is 11.3 Å². The van der Waals surface area contributed by atoms with Crippen molar-refractivity contribution in [2.24, 2.45) is 0 Å². The van der Waals surface area contributed by atoms with Crippen molar-refractivity contribution >= 4 is 23.4 Å². The molecule has 0 N–H and O–H groups in total. The third-order valence-corrected chi connectivity index (χ3v) is 3.60. The molecule has 0 amide bonds. The van der Waals surface area contributed by atoms with Gasteiger partial charge < -0.3 is 0 Å². The summed E-state index contributed by atoms with van der Waals surface area (Å²) >= 11 is 7.77. The van der Waals surface area contributed by atoms with Crippen molar-refractivity contribution in [3.63, 3.8) is 0 Å². The van der Waals surface area contributed by atoms with Crippen LogP contribution in [0.25, 0.3) is 0 Å². The summed E-state index contributed by atoms with van der Waals surface area (Å²) in [6, 6.07) is 2.06. The zero-order valence-electron chi connectivity index (χ0n) is 8.09. The van der Waals surface area contributed by atoms with Gasteiger partial charge in [-0.05, 0) is 13.8 Å². The molecule has 1 aliphatic rings. The molecule has 0 saturated carbocycles. The minimum Gasteiger partial charge on any atom is -0.299 e. The van der Waals surface area contributed by atoms with Gasteiger partial charge in [0.1, 0.15) is 5.38 Å². The molecule has 1 heterocycles. The van der Waals surface area contributed by atoms with Crippen LogP contribution in [-0.4, -0.2) is 40.4 Å². The number of nitriles is 1. The van der Waals surface area contributed by atoms with Gasteiger partial charge in [-0.15, -0.1) is 11.6 Å². The first-order chi connectivity index (χ1) is 6.03. The largest absolute Gasteiger partial charge is 0.299 e. The molecular formula is C9H15ClN2S. The average Bonchev–Trinajstić information content (AvgIpc) is 2.02. The number of hydrogen-bond donors (Lipinski definition) is 0. The number of rotatable bonds is 2. The van der Waals surface area contributed by atoms with Crippen LogP contribution >= 0.6 is 23.4 Å². The molecule has 13 heavy (non-hydrogen) atoms. The van der Waals surface area contributed by atoms with Crippen LogP contribution < -0.4 is 0 Å². The smallest absolute Gasteiger partial charge is 0.133 e. The highest BCUT2D eigenvalue weighted by Crippen LogP contribution is 2.29. The van der Waals surface area contributed by atoms with Gasteiger partial charge in [0, 0.05) is 30.1 Å². The van der Waals surface area contributed by atoms with Crippen molar-refractivity contribution in [2.45, 2.75) is 24.0 Å². The maximum atomic E-state index is 8.58. The normalized spacial score (nSPS) is 25.1. The quantitative estimate of drug-likeness (QED) is 0.663. The Balaban J connectivity index is 2.40. The molecule has 74 valence electrons. The van der Waals surface area contributed by atoms with Gasteiger partial charge in [0.15, 0.2) is 0 Å². The summed E-state index contributed by atoms with van der Waals surface area (Å²) in [6.07, 6.45) is 0. The molecule has 0 spiro atoms. The Morgan fingerprint density at radius 1 is 1.69 bits per heavy atom. The van der Waals surface area contributed by atoms with Gasteiger partial charge in [0.25, 0.3) is 0 Å². The Kier molecular flexibility index (Phi) is 3.90. The Morgan fingerprint density at radius 2 is 2.38 bits per heavy atom. The van der Waals surface area contributed by atoms with Crippen molar-refractivity contribution < 1.29 is 0 Å². The maximum absolute atomic E-state index is 8.58. The topological polar surface area (TPSA) is 27.0 Å². The first-order valence-electron chi connectivity index (χ1n) is 4.43. The summed E-state index contributed by atoms with van der Waals surface area (Å²) < 4.78 is 0.310. The third kappa shape index (κ3) is 3.76. The van der Waals surface area contributed by atoms with E-state index in [0.717, 1.165) is 18.8 Å². The lowest BCUT2D eigenvalue weighted by Crippen LogP contribution is -2.45. The predicted molar refractivity (Wildman–Crippen MR) is 58.2 cm³/mol. The molecule has 1 aliphatic heterocycles. The summed E-state index contributed by atoms with van der Waals surface area (Å²) in [4.78, 5) is 2.28. The second-order valence-electron chi connectivity index (χ2n) is 3.94. The van der Waals surface area contributed by atoms with E-state index >= 15 is 0 Å². The van der Waals surface area contributed by atoms with E-state index in [-0.39, 0.29) is 5.38 Å². The second kappa shape index (κ2) is 4.54. The van der Waals surface area contributed by atoms with E-state index in [4.69, 9.17) is 16.9 Å². The lowest BCUT2D eigenvalue weighted by atomic mass is 10.2. The number of nitrogens with zero attached hydrogens (tertiary/aromatic N) is 2. The number of hydrogen-bond acceptors (Lipinski definition) is 3. The van der Waals surface area contributed by atoms with Gasteiger partial charge in [-0.2, -0.15) is 17.0 Å². The summed E-state index contributed by atoms with van der Waals surface area (Å²) in [5.41, 5.74) is 0. The van der Waals surface area contributed by atoms with E-state index in [2.05, 4.69) is 24.8 Å². The van der Waals surface area contributed by atoms with Crippen LogP contribution in [0.3, 0.4) is 0 Å². The lowest BCUT2D eigenvalue weighted by molar-refractivity contribution is 0.268. The Bertz CT molecular complexity index is 212. The first kappa shape index (κ1) is 11.2. The van der Waals surface area contributed by atoms with Crippen molar-refractivity contribution in [2.75, 3.05) is 25.4 Å². The van der Waals surface area contributed by atoms with Gasteiger partial charge in [-0.3, -0.25) is 4.90 Å². The number of halogens is 1. The Morgan fingerprint density at radius 3 is 2.92 bits per heavy atom. The second-order valence-corrected chi connectivity index (χ2v) is 6.27. The molecule has 1 atom stereocenters. The van der Waals surface area contributed by atoms with E-state index in [1.165, 1.54) is 0 Å². The standard InChI is InChI=1S/C9H15ClN2S/c1-9(2)7-12(3-4-13-9)6-8(10)5-11/h8H,3-4,6-7H2,1-2H3. The zero-order valence-corrected chi connectivity index (χ0v) is 9.66. The van der Waals surface area contributed by atoms with Gasteiger partial charge in [0.2, 0.25) is 0 Å². The number of alkyl halides is 1. The summed E-state index contributed by atoms with van der Waals surface area (Å²) in [5, 5.41) is 8.22. The van der Waals surface area contributed by atoms with Gasteiger partial charge in [-0.25, -0.2) is 0 Å². The monoisotopic (exact) mass is 218 g/mol. The molecule has 1 unspecified atom stereocenters. The molecular weight excluding hydrogens is 204 g/mol. The van der Waals surface area contributed by atoms with Crippen molar-refractivity contribution in [3.8, 4) is 6.07 Å². The summed E-state index contributed by atoms with van der Waals surface area (Å²) in [7, 11) is 0. The fourth-order valence-electron chi connectivity index (χ4n) is 1.54. The predicted octanol–water partition coefficient (Wildman–Crippen LogP) is 1.94. The van der Waals surface area contributed by atoms with Crippen LogP contribution in [0.4, 0.5) is 0 Å². The molecule has 1 rings (SSSR count). The molecule has 0 radical (unpaired) electrons. The fourth-order valence-corrected chi connectivity index (χ4v) is 2.91. The molecule has 0 aromatic heterocycles. The third-order valence-electron chi connectivity index (χ3n) is 2.06. The van der Waals surface area contributed by atoms with E-state index in [0.29, 0.717) is 11.3 Å². The first-order valence-corrected chi connectivity index (χ1v) is 5.86. The van der Waals surface area contributed by atoms with Gasteiger partial charge in [-0.1, -0.05) is 0 Å². The summed E-state index contributed by atoms with van der Waals surface area (Å²) in [5.74, 6) is 1.14. The summed E-state index contributed by atoms with van der Waals surface area (Å²) in [6.45, 7) is 7.25. The average molecular weight is 219 g/mol. The highest BCUT2D eigenvalue weighted by Gasteiger charge is 2.27. The van der Waals surface area contributed by atoms with Crippen LogP contribution in [0.1, 0.15) is 13.8 Å². The molecule has 0 bridgehead atoms. The highest BCUT2D eigenvalue weighted by molar-refractivity contribution is 8.00. The van der Waals surface area contributed by atoms with E-state index < -0.39 is 0 Å². The van der Waals surface area contributed by atoms with Gasteiger partial charge >= 0.3 is 0 Å². The van der Waals surface area contributed by atoms with Gasteiger partial charge in [0.05, 0.1) is 6.07 Å². The van der Waals surface area contributed by atoms with Crippen molar-refractivity contribution in [1.29, 1.82) is 5.26 Å². The van der Waals surface area contributed by atoms with E-state index in [1.54, 1.807) is 0 Å². The van der Waals surface area contributed by atoms with Crippen LogP contribution in [-0.2, 0) is 0 Å². The Hall–Kier alpha value is 0.0900. The van der Waals surface area contributed by atoms with Crippen LogP contribution in [0.2, 0.25) is 0 Å². The molecule has 1 fully saturated rings. The highest BCUT2D eigenvalue weighted by atomic mass is 35.5. The molecule has 2 nitrogen and oxygen atoms in total. The molecule has 0 aliphatic carbocycles. The van der Waals surface area contributed by atoms with Crippen LogP contribution in [0.5, 0.6) is 0 Å².